The summed E-state index contributed by atoms with van der Waals surface area (Å²) in [7, 11) is 0. The number of fused-ring (bicyclic) bond motifs is 13. The van der Waals surface area contributed by atoms with E-state index in [0.29, 0.717) is 17.5 Å². The fraction of sp³-hybridized carbons (Fsp3) is 0.0156. The minimum absolute atomic E-state index is 0.551. The Hall–Kier alpha value is -9.59. The molecule has 0 aliphatic rings. The Morgan fingerprint density at radius 1 is 0.338 bits per heavy atom. The van der Waals surface area contributed by atoms with Gasteiger partial charge in [0.25, 0.3) is 0 Å². The first-order valence-electron chi connectivity index (χ1n) is 23.9. The second-order valence-corrected chi connectivity index (χ2v) is 18.3. The van der Waals surface area contributed by atoms with Crippen molar-refractivity contribution in [1.82, 2.24) is 24.1 Å². The van der Waals surface area contributed by atoms with Gasteiger partial charge in [0.1, 0.15) is 22.3 Å². The van der Waals surface area contributed by atoms with Crippen LogP contribution in [-0.2, 0) is 0 Å². The molecule has 0 radical (unpaired) electrons. The molecule has 0 amide bonds. The van der Waals surface area contributed by atoms with Crippen LogP contribution < -0.4 is 0 Å². The summed E-state index contributed by atoms with van der Waals surface area (Å²) in [5.41, 5.74) is 15.7. The minimum Gasteiger partial charge on any atom is -0.456 e. The van der Waals surface area contributed by atoms with Crippen molar-refractivity contribution in [1.29, 1.82) is 0 Å². The quantitative estimate of drug-likeness (QED) is 0.166. The van der Waals surface area contributed by atoms with E-state index < -0.39 is 0 Å². The average molecular weight is 910 g/mol. The van der Waals surface area contributed by atoms with Gasteiger partial charge in [0, 0.05) is 54.5 Å². The van der Waals surface area contributed by atoms with Crippen molar-refractivity contribution in [3.05, 3.63) is 224 Å². The number of hydrogen-bond acceptors (Lipinski definition) is 5. The van der Waals surface area contributed by atoms with E-state index in [2.05, 4.69) is 156 Å². The second kappa shape index (κ2) is 15.2. The lowest BCUT2D eigenvalue weighted by atomic mass is 9.99. The third-order valence-corrected chi connectivity index (χ3v) is 14.3. The van der Waals surface area contributed by atoms with E-state index in [-0.39, 0.29) is 0 Å². The van der Waals surface area contributed by atoms with Crippen LogP contribution in [0.3, 0.4) is 0 Å². The first kappa shape index (κ1) is 39.4. The van der Waals surface area contributed by atoms with Gasteiger partial charge in [0.15, 0.2) is 17.5 Å². The number of aryl methyl sites for hydroxylation is 1. The molecule has 0 spiro atoms. The molecule has 0 N–H and O–H groups in total. The molecule has 0 atom stereocenters. The number of nitrogens with zero attached hydrogens (tertiary/aromatic N) is 5. The van der Waals surface area contributed by atoms with Gasteiger partial charge in [-0.3, -0.25) is 0 Å². The highest BCUT2D eigenvalue weighted by Crippen LogP contribution is 2.47. The van der Waals surface area contributed by atoms with Gasteiger partial charge in [0.2, 0.25) is 0 Å². The molecule has 71 heavy (non-hydrogen) atoms. The van der Waals surface area contributed by atoms with Crippen LogP contribution in [-0.4, -0.2) is 24.1 Å². The number of benzene rings is 10. The molecule has 0 fully saturated rings. The molecule has 0 saturated carbocycles. The maximum atomic E-state index is 7.06. The highest BCUT2D eigenvalue weighted by atomic mass is 16.3. The lowest BCUT2D eigenvalue weighted by molar-refractivity contribution is 0.668. The lowest BCUT2D eigenvalue weighted by Gasteiger charge is -2.15. The van der Waals surface area contributed by atoms with Crippen molar-refractivity contribution in [2.45, 2.75) is 6.92 Å². The van der Waals surface area contributed by atoms with Crippen LogP contribution in [0.25, 0.3) is 144 Å². The van der Waals surface area contributed by atoms with E-state index in [0.717, 1.165) is 116 Å². The summed E-state index contributed by atoms with van der Waals surface area (Å²) < 4.78 is 18.2. The normalized spacial score (nSPS) is 12.0. The van der Waals surface area contributed by atoms with Gasteiger partial charge in [0.05, 0.1) is 38.7 Å². The summed E-state index contributed by atoms with van der Waals surface area (Å²) in [5, 5.41) is 8.92. The Bertz CT molecular complexity index is 4580. The zero-order valence-electron chi connectivity index (χ0n) is 38.3. The largest absolute Gasteiger partial charge is 0.456 e. The Morgan fingerprint density at radius 2 is 0.845 bits per heavy atom. The zero-order valence-corrected chi connectivity index (χ0v) is 38.3. The van der Waals surface area contributed by atoms with Gasteiger partial charge in [-0.15, -0.1) is 0 Å². The zero-order chi connectivity index (χ0) is 46.7. The predicted molar refractivity (Wildman–Crippen MR) is 290 cm³/mol. The third kappa shape index (κ3) is 5.93. The highest BCUT2D eigenvalue weighted by molar-refractivity contribution is 6.30. The molecule has 0 unspecified atom stereocenters. The topological polar surface area (TPSA) is 74.8 Å². The van der Waals surface area contributed by atoms with Gasteiger partial charge >= 0.3 is 0 Å². The highest BCUT2D eigenvalue weighted by Gasteiger charge is 2.27. The smallest absolute Gasteiger partial charge is 0.168 e. The molecular weight excluding hydrogens is 871 g/mol. The van der Waals surface area contributed by atoms with Crippen LogP contribution in [0.2, 0.25) is 0 Å². The van der Waals surface area contributed by atoms with Crippen LogP contribution in [0.1, 0.15) is 5.56 Å². The molecule has 0 aliphatic heterocycles. The SMILES string of the molecule is Cc1cc(-n2c3ccc(-c4ccc5oc6ccccc6c5c4)cc3c3c4c5ccccc5n(-c5ccccc5)c4ccc32)c2c(oc3ccccc32)c1-c1nc(-c2ccccc2)nc(-c2ccccc2)n1. The van der Waals surface area contributed by atoms with E-state index in [1.54, 1.807) is 0 Å². The monoisotopic (exact) mass is 909 g/mol. The van der Waals surface area contributed by atoms with Crippen LogP contribution in [0.4, 0.5) is 0 Å². The molecule has 0 bridgehead atoms. The van der Waals surface area contributed by atoms with E-state index in [1.165, 1.54) is 16.2 Å². The van der Waals surface area contributed by atoms with E-state index in [4.69, 9.17) is 23.8 Å². The van der Waals surface area contributed by atoms with Crippen molar-refractivity contribution >= 4 is 87.5 Å². The van der Waals surface area contributed by atoms with Crippen molar-refractivity contribution < 1.29 is 8.83 Å². The standard InChI is InChI=1S/C64H39N5O2/c1-38-35-53(60-46-25-13-16-28-55(46)71-61(60)57(38)64-66-62(39-17-5-2-6-18-39)65-63(67-64)40-19-7-3-8-20-40)69-50-31-29-41(42-30-34-56-47(36-42)44-23-12-15-27-54(44)70-56)37-48(50)59-52(69)33-32-51-58(59)45-24-11-14-26-49(45)68(51)43-21-9-4-10-22-43/h2-37H,1H3. The second-order valence-electron chi connectivity index (χ2n) is 18.3. The first-order valence-corrected chi connectivity index (χ1v) is 23.9. The molecule has 15 rings (SSSR count). The Morgan fingerprint density at radius 3 is 1.56 bits per heavy atom. The molecule has 7 heteroatoms. The van der Waals surface area contributed by atoms with Crippen LogP contribution in [0.5, 0.6) is 0 Å². The Balaban J connectivity index is 1.05. The van der Waals surface area contributed by atoms with E-state index >= 15 is 0 Å². The van der Waals surface area contributed by atoms with Crippen molar-refractivity contribution in [3.8, 4) is 56.7 Å². The summed E-state index contributed by atoms with van der Waals surface area (Å²) in [6.07, 6.45) is 0. The molecule has 10 aromatic carbocycles. The molecular formula is C64H39N5O2. The molecule has 332 valence electrons. The molecule has 0 saturated heterocycles. The van der Waals surface area contributed by atoms with Crippen LogP contribution >= 0.6 is 0 Å². The molecule has 7 nitrogen and oxygen atoms in total. The fourth-order valence-electron chi connectivity index (χ4n) is 11.1. The number of furan rings is 2. The summed E-state index contributed by atoms with van der Waals surface area (Å²) >= 11 is 0. The number of rotatable bonds is 6. The summed E-state index contributed by atoms with van der Waals surface area (Å²) in [5.74, 6) is 1.74. The van der Waals surface area contributed by atoms with E-state index in [9.17, 15) is 0 Å². The van der Waals surface area contributed by atoms with Crippen molar-refractivity contribution in [3.63, 3.8) is 0 Å². The van der Waals surface area contributed by atoms with Crippen LogP contribution in [0.15, 0.2) is 227 Å². The third-order valence-electron chi connectivity index (χ3n) is 14.3. The van der Waals surface area contributed by atoms with Gasteiger partial charge in [-0.05, 0) is 96.4 Å². The number of aromatic nitrogens is 5. The number of para-hydroxylation sites is 4. The lowest BCUT2D eigenvalue weighted by Crippen LogP contribution is -2.03. The molecule has 15 aromatic rings. The van der Waals surface area contributed by atoms with Gasteiger partial charge in [-0.2, -0.15) is 0 Å². The molecule has 0 aliphatic carbocycles. The summed E-state index contributed by atoms with van der Waals surface area (Å²) in [6, 6.07) is 76.7. The maximum absolute atomic E-state index is 7.06. The maximum Gasteiger partial charge on any atom is 0.168 e. The predicted octanol–water partition coefficient (Wildman–Crippen LogP) is 16.8. The average Bonchev–Trinajstić information content (AvgIpc) is 4.19. The summed E-state index contributed by atoms with van der Waals surface area (Å²) in [4.78, 5) is 15.5. The van der Waals surface area contributed by atoms with E-state index in [1.807, 2.05) is 78.9 Å². The Kier molecular flexibility index (Phi) is 8.44. The van der Waals surface area contributed by atoms with Gasteiger partial charge in [-0.1, -0.05) is 146 Å². The Labute approximate surface area is 406 Å². The van der Waals surface area contributed by atoms with Crippen LogP contribution in [0, 0.1) is 6.92 Å². The van der Waals surface area contributed by atoms with Crippen molar-refractivity contribution in [2.75, 3.05) is 0 Å². The van der Waals surface area contributed by atoms with Gasteiger partial charge in [-0.25, -0.2) is 15.0 Å². The molecule has 5 heterocycles. The first-order chi connectivity index (χ1) is 35.1. The van der Waals surface area contributed by atoms with Crippen molar-refractivity contribution in [2.24, 2.45) is 0 Å². The van der Waals surface area contributed by atoms with Gasteiger partial charge < -0.3 is 18.0 Å². The molecule has 5 aromatic heterocycles. The number of hydrogen-bond donors (Lipinski definition) is 0. The summed E-state index contributed by atoms with van der Waals surface area (Å²) in [6.45, 7) is 2.15. The minimum atomic E-state index is 0.551. The fourth-order valence-corrected chi connectivity index (χ4v) is 11.1.